The Balaban J connectivity index is 1.30. The van der Waals surface area contributed by atoms with Crippen LogP contribution in [-0.4, -0.2) is 47.8 Å². The fourth-order valence-electron chi connectivity index (χ4n) is 5.75. The number of hydrogen-bond donors (Lipinski definition) is 2. The zero-order chi connectivity index (χ0) is 26.7. The highest BCUT2D eigenvalue weighted by atomic mass is 16.2. The Labute approximate surface area is 227 Å². The highest BCUT2D eigenvalue weighted by molar-refractivity contribution is 5.95. The van der Waals surface area contributed by atoms with Gasteiger partial charge < -0.3 is 15.5 Å². The van der Waals surface area contributed by atoms with E-state index < -0.39 is 0 Å². The molecule has 204 valence electrons. The third-order valence-electron chi connectivity index (χ3n) is 8.05. The molecule has 0 bridgehead atoms. The first-order valence-electron chi connectivity index (χ1n) is 14.6. The molecule has 0 aromatic heterocycles. The molecule has 1 aliphatic heterocycles. The number of likely N-dealkylation sites (tertiary alicyclic amines) is 1. The predicted molar refractivity (Wildman–Crippen MR) is 151 cm³/mol. The molecule has 2 N–H and O–H groups in total. The molecule has 4 rings (SSSR count). The molecule has 2 aromatic rings. The van der Waals surface area contributed by atoms with Crippen molar-refractivity contribution >= 4 is 17.7 Å². The Bertz CT molecular complexity index is 1050. The largest absolute Gasteiger partial charge is 0.351 e. The molecule has 0 unspecified atom stereocenters. The van der Waals surface area contributed by atoms with Crippen molar-refractivity contribution in [2.75, 3.05) is 13.1 Å². The number of unbranched alkanes of at least 4 members (excludes halogenated alkanes) is 3. The van der Waals surface area contributed by atoms with E-state index in [-0.39, 0.29) is 35.7 Å². The molecule has 38 heavy (non-hydrogen) atoms. The second kappa shape index (κ2) is 14.1. The van der Waals surface area contributed by atoms with Gasteiger partial charge >= 0.3 is 0 Å². The normalized spacial score (nSPS) is 21.5. The first-order chi connectivity index (χ1) is 18.5. The Kier molecular flexibility index (Phi) is 10.4. The molecular weight excluding hydrogens is 474 g/mol. The molecule has 1 saturated carbocycles. The minimum absolute atomic E-state index is 0.00390. The first kappa shape index (κ1) is 27.9. The lowest BCUT2D eigenvalue weighted by molar-refractivity contribution is -0.127. The fourth-order valence-corrected chi connectivity index (χ4v) is 5.75. The standard InChI is InChI=1S/C32H43N3O3/c1-2-3-4-6-12-24-18-20-26(21-19-24)32(38)35-22-11-15-27(23-35)31(37)34-29-17-10-9-16-28(29)33-30(36)25-13-7-5-8-14-25/h5,7-8,13-14,18-21,27-29H,2-4,6,9-12,15-17,22-23H2,1H3,(H,33,36)(H,34,37)/t27-,28+,29+/m0/s1. The minimum atomic E-state index is -0.224. The lowest BCUT2D eigenvalue weighted by Crippen LogP contribution is -2.55. The summed E-state index contributed by atoms with van der Waals surface area (Å²) in [6.45, 7) is 3.34. The van der Waals surface area contributed by atoms with E-state index in [4.69, 9.17) is 0 Å². The van der Waals surface area contributed by atoms with Gasteiger partial charge in [-0.25, -0.2) is 0 Å². The third kappa shape index (κ3) is 7.68. The van der Waals surface area contributed by atoms with Crippen LogP contribution in [0.1, 0.15) is 97.4 Å². The van der Waals surface area contributed by atoms with Crippen LogP contribution in [0.4, 0.5) is 0 Å². The maximum Gasteiger partial charge on any atom is 0.253 e. The van der Waals surface area contributed by atoms with E-state index in [0.29, 0.717) is 24.2 Å². The van der Waals surface area contributed by atoms with Crippen LogP contribution in [0, 0.1) is 5.92 Å². The monoisotopic (exact) mass is 517 g/mol. The number of aryl methyl sites for hydroxylation is 1. The van der Waals surface area contributed by atoms with Gasteiger partial charge in [-0.1, -0.05) is 69.4 Å². The lowest BCUT2D eigenvalue weighted by Gasteiger charge is -2.36. The second-order valence-corrected chi connectivity index (χ2v) is 10.9. The number of amides is 3. The molecule has 2 aliphatic rings. The van der Waals surface area contributed by atoms with Crippen molar-refractivity contribution in [3.8, 4) is 0 Å². The highest BCUT2D eigenvalue weighted by Gasteiger charge is 2.33. The Morgan fingerprint density at radius 2 is 1.50 bits per heavy atom. The van der Waals surface area contributed by atoms with Crippen molar-refractivity contribution in [2.45, 2.75) is 89.6 Å². The first-order valence-corrected chi connectivity index (χ1v) is 14.6. The van der Waals surface area contributed by atoms with Crippen LogP contribution in [0.15, 0.2) is 54.6 Å². The van der Waals surface area contributed by atoms with E-state index >= 15 is 0 Å². The summed E-state index contributed by atoms with van der Waals surface area (Å²) in [5.41, 5.74) is 2.60. The lowest BCUT2D eigenvalue weighted by atomic mass is 9.88. The van der Waals surface area contributed by atoms with Gasteiger partial charge in [-0.2, -0.15) is 0 Å². The van der Waals surface area contributed by atoms with Crippen LogP contribution in [0.5, 0.6) is 0 Å². The van der Waals surface area contributed by atoms with Crippen molar-refractivity contribution in [2.24, 2.45) is 5.92 Å². The summed E-state index contributed by atoms with van der Waals surface area (Å²) in [4.78, 5) is 41.1. The van der Waals surface area contributed by atoms with E-state index in [0.717, 1.165) is 44.9 Å². The summed E-state index contributed by atoms with van der Waals surface area (Å²) >= 11 is 0. The van der Waals surface area contributed by atoms with Gasteiger partial charge in [-0.3, -0.25) is 14.4 Å². The number of benzene rings is 2. The van der Waals surface area contributed by atoms with Gasteiger partial charge in [0.1, 0.15) is 0 Å². The molecular formula is C32H43N3O3. The van der Waals surface area contributed by atoms with Gasteiger partial charge in [0.25, 0.3) is 11.8 Å². The molecule has 2 fully saturated rings. The van der Waals surface area contributed by atoms with E-state index in [1.807, 2.05) is 35.2 Å². The molecule has 2 aromatic carbocycles. The molecule has 6 heteroatoms. The van der Waals surface area contributed by atoms with Crippen molar-refractivity contribution in [3.63, 3.8) is 0 Å². The summed E-state index contributed by atoms with van der Waals surface area (Å²) in [6, 6.07) is 17.1. The summed E-state index contributed by atoms with van der Waals surface area (Å²) in [5, 5.41) is 6.39. The van der Waals surface area contributed by atoms with Crippen molar-refractivity contribution < 1.29 is 14.4 Å². The topological polar surface area (TPSA) is 78.5 Å². The van der Waals surface area contributed by atoms with Crippen molar-refractivity contribution in [1.29, 1.82) is 0 Å². The van der Waals surface area contributed by atoms with Crippen LogP contribution in [-0.2, 0) is 11.2 Å². The summed E-state index contributed by atoms with van der Waals surface area (Å²) in [6.07, 6.45) is 11.4. The summed E-state index contributed by atoms with van der Waals surface area (Å²) in [5.74, 6) is -0.322. The molecule has 0 radical (unpaired) electrons. The number of piperidine rings is 1. The zero-order valence-corrected chi connectivity index (χ0v) is 22.8. The van der Waals surface area contributed by atoms with Crippen molar-refractivity contribution in [3.05, 3.63) is 71.3 Å². The van der Waals surface area contributed by atoms with Crippen LogP contribution in [0.25, 0.3) is 0 Å². The molecule has 1 heterocycles. The van der Waals surface area contributed by atoms with E-state index in [1.165, 1.54) is 31.2 Å². The molecule has 3 atom stereocenters. The van der Waals surface area contributed by atoms with Crippen molar-refractivity contribution in [1.82, 2.24) is 15.5 Å². The average Bonchev–Trinajstić information content (AvgIpc) is 2.97. The second-order valence-electron chi connectivity index (χ2n) is 10.9. The summed E-state index contributed by atoms with van der Waals surface area (Å²) in [7, 11) is 0. The van der Waals surface area contributed by atoms with E-state index in [1.54, 1.807) is 12.1 Å². The third-order valence-corrected chi connectivity index (χ3v) is 8.05. The van der Waals surface area contributed by atoms with E-state index in [9.17, 15) is 14.4 Å². The van der Waals surface area contributed by atoms with Gasteiger partial charge in [-0.05, 0) is 68.4 Å². The number of rotatable bonds is 10. The SMILES string of the molecule is CCCCCCc1ccc(C(=O)N2CCC[C@H](C(=O)N[C@@H]3CCCC[C@H]3NC(=O)c3ccccc3)C2)cc1. The highest BCUT2D eigenvalue weighted by Crippen LogP contribution is 2.23. The maximum absolute atomic E-state index is 13.3. The number of nitrogens with zero attached hydrogens (tertiary/aromatic N) is 1. The van der Waals surface area contributed by atoms with Gasteiger partial charge in [0, 0.05) is 36.3 Å². The molecule has 6 nitrogen and oxygen atoms in total. The van der Waals surface area contributed by atoms with Gasteiger partial charge in [-0.15, -0.1) is 0 Å². The molecule has 1 aliphatic carbocycles. The number of nitrogens with one attached hydrogen (secondary N) is 2. The van der Waals surface area contributed by atoms with Crippen LogP contribution >= 0.6 is 0 Å². The Morgan fingerprint density at radius 3 is 2.21 bits per heavy atom. The quantitative estimate of drug-likeness (QED) is 0.408. The molecule has 1 saturated heterocycles. The molecule has 3 amide bonds. The number of hydrogen-bond acceptors (Lipinski definition) is 3. The Morgan fingerprint density at radius 1 is 0.789 bits per heavy atom. The minimum Gasteiger partial charge on any atom is -0.351 e. The zero-order valence-electron chi connectivity index (χ0n) is 22.8. The van der Waals surface area contributed by atoms with Crippen LogP contribution in [0.3, 0.4) is 0 Å². The van der Waals surface area contributed by atoms with E-state index in [2.05, 4.69) is 29.7 Å². The van der Waals surface area contributed by atoms with Gasteiger partial charge in [0.05, 0.1) is 5.92 Å². The van der Waals surface area contributed by atoms with Gasteiger partial charge in [0.15, 0.2) is 0 Å². The number of carbonyl (C=O) groups is 3. The molecule has 0 spiro atoms. The van der Waals surface area contributed by atoms with Gasteiger partial charge in [0.2, 0.25) is 5.91 Å². The van der Waals surface area contributed by atoms with Crippen LogP contribution < -0.4 is 10.6 Å². The van der Waals surface area contributed by atoms with Crippen LogP contribution in [0.2, 0.25) is 0 Å². The fraction of sp³-hybridized carbons (Fsp3) is 0.531. The number of carbonyl (C=O) groups excluding carboxylic acids is 3. The Hall–Kier alpha value is -3.15. The maximum atomic E-state index is 13.3. The predicted octanol–water partition coefficient (Wildman–Crippen LogP) is 5.52. The average molecular weight is 518 g/mol. The smallest absolute Gasteiger partial charge is 0.253 e. The summed E-state index contributed by atoms with van der Waals surface area (Å²) < 4.78 is 0.